The molecule has 1 heterocycles. The largest absolute Gasteiger partial charge is 0.314 e. The van der Waals surface area contributed by atoms with Crippen molar-refractivity contribution in [3.8, 4) is 0 Å². The highest BCUT2D eigenvalue weighted by atomic mass is 32.2. The highest BCUT2D eigenvalue weighted by Gasteiger charge is 2.37. The predicted molar refractivity (Wildman–Crippen MR) is 54.1 cm³/mol. The van der Waals surface area contributed by atoms with Crippen LogP contribution in [0.4, 0.5) is 0 Å². The summed E-state index contributed by atoms with van der Waals surface area (Å²) in [6.07, 6.45) is 2.03. The van der Waals surface area contributed by atoms with E-state index in [0.29, 0.717) is 13.1 Å². The van der Waals surface area contributed by atoms with Gasteiger partial charge in [-0.05, 0) is 12.8 Å². The first-order chi connectivity index (χ1) is 6.62. The van der Waals surface area contributed by atoms with Crippen molar-refractivity contribution in [3.63, 3.8) is 0 Å². The van der Waals surface area contributed by atoms with Gasteiger partial charge in [-0.1, -0.05) is 0 Å². The Labute approximate surface area is 85.2 Å². The third-order valence-electron chi connectivity index (χ3n) is 2.83. The van der Waals surface area contributed by atoms with E-state index in [1.165, 1.54) is 4.31 Å². The third-order valence-corrected chi connectivity index (χ3v) is 4.87. The summed E-state index contributed by atoms with van der Waals surface area (Å²) in [5, 5.41) is 3.15. The summed E-state index contributed by atoms with van der Waals surface area (Å²) in [6.45, 7) is 2.72. The van der Waals surface area contributed by atoms with Gasteiger partial charge in [0.1, 0.15) is 0 Å². The molecule has 0 bridgehead atoms. The summed E-state index contributed by atoms with van der Waals surface area (Å²) in [4.78, 5) is 0. The SMILES string of the molecule is CN(C1CC1)S(=O)(=O)N1CCNCC1. The molecular weight excluding hydrogens is 202 g/mol. The molecule has 2 aliphatic rings. The molecule has 0 aromatic heterocycles. The number of nitrogens with one attached hydrogen (secondary N) is 1. The van der Waals surface area contributed by atoms with Crippen LogP contribution < -0.4 is 5.32 Å². The zero-order chi connectivity index (χ0) is 10.2. The summed E-state index contributed by atoms with van der Waals surface area (Å²) < 4.78 is 27.1. The van der Waals surface area contributed by atoms with Gasteiger partial charge in [-0.2, -0.15) is 17.0 Å². The fraction of sp³-hybridized carbons (Fsp3) is 1.00. The Kier molecular flexibility index (Phi) is 2.79. The van der Waals surface area contributed by atoms with Crippen LogP contribution in [0.1, 0.15) is 12.8 Å². The van der Waals surface area contributed by atoms with Crippen molar-refractivity contribution < 1.29 is 8.42 Å². The van der Waals surface area contributed by atoms with E-state index in [1.54, 1.807) is 11.4 Å². The van der Waals surface area contributed by atoms with Crippen LogP contribution in [0, 0.1) is 0 Å². The fourth-order valence-corrected chi connectivity index (χ4v) is 3.28. The standard InChI is InChI=1S/C8H17N3O2S/c1-10(8-2-3-8)14(12,13)11-6-4-9-5-7-11/h8-9H,2-7H2,1H3. The highest BCUT2D eigenvalue weighted by Crippen LogP contribution is 2.28. The van der Waals surface area contributed by atoms with Gasteiger partial charge < -0.3 is 5.32 Å². The van der Waals surface area contributed by atoms with Gasteiger partial charge in [0.15, 0.2) is 0 Å². The van der Waals surface area contributed by atoms with Crippen LogP contribution in [0.2, 0.25) is 0 Å². The molecule has 2 rings (SSSR count). The minimum Gasteiger partial charge on any atom is -0.314 e. The summed E-state index contributed by atoms with van der Waals surface area (Å²) in [6, 6.07) is 0.259. The Morgan fingerprint density at radius 2 is 1.86 bits per heavy atom. The first-order valence-electron chi connectivity index (χ1n) is 5.06. The van der Waals surface area contributed by atoms with Crippen molar-refractivity contribution in [1.29, 1.82) is 0 Å². The number of hydrogen-bond acceptors (Lipinski definition) is 3. The molecule has 0 atom stereocenters. The van der Waals surface area contributed by atoms with E-state index in [2.05, 4.69) is 5.32 Å². The second-order valence-electron chi connectivity index (χ2n) is 3.90. The molecule has 0 spiro atoms. The Balaban J connectivity index is 2.05. The van der Waals surface area contributed by atoms with Gasteiger partial charge >= 0.3 is 0 Å². The minimum atomic E-state index is -3.17. The van der Waals surface area contributed by atoms with E-state index in [-0.39, 0.29) is 6.04 Å². The van der Waals surface area contributed by atoms with Crippen LogP contribution in [0.5, 0.6) is 0 Å². The summed E-state index contributed by atoms with van der Waals surface area (Å²) >= 11 is 0. The molecule has 5 nitrogen and oxygen atoms in total. The molecule has 1 N–H and O–H groups in total. The van der Waals surface area contributed by atoms with Gasteiger partial charge in [0.2, 0.25) is 0 Å². The fourth-order valence-electron chi connectivity index (χ4n) is 1.68. The van der Waals surface area contributed by atoms with Crippen LogP contribution in [0.25, 0.3) is 0 Å². The molecule has 0 radical (unpaired) electrons. The first-order valence-corrected chi connectivity index (χ1v) is 6.46. The summed E-state index contributed by atoms with van der Waals surface area (Å²) in [5.41, 5.74) is 0. The topological polar surface area (TPSA) is 52.7 Å². The highest BCUT2D eigenvalue weighted by molar-refractivity contribution is 7.86. The van der Waals surface area contributed by atoms with Crippen LogP contribution in [-0.4, -0.2) is 56.3 Å². The van der Waals surface area contributed by atoms with E-state index in [4.69, 9.17) is 0 Å². The van der Waals surface area contributed by atoms with E-state index in [0.717, 1.165) is 25.9 Å². The predicted octanol–water partition coefficient (Wildman–Crippen LogP) is -0.769. The lowest BCUT2D eigenvalue weighted by Gasteiger charge is -2.30. The second kappa shape index (κ2) is 3.77. The second-order valence-corrected chi connectivity index (χ2v) is 5.89. The quantitative estimate of drug-likeness (QED) is 0.678. The number of piperazine rings is 1. The van der Waals surface area contributed by atoms with Crippen molar-refractivity contribution in [2.24, 2.45) is 0 Å². The summed E-state index contributed by atoms with van der Waals surface area (Å²) in [7, 11) is -1.48. The smallest absolute Gasteiger partial charge is 0.282 e. The Bertz CT molecular complexity index is 294. The van der Waals surface area contributed by atoms with Gasteiger partial charge in [-0.15, -0.1) is 0 Å². The monoisotopic (exact) mass is 219 g/mol. The summed E-state index contributed by atoms with van der Waals surface area (Å²) in [5.74, 6) is 0. The zero-order valence-corrected chi connectivity index (χ0v) is 9.26. The molecule has 0 amide bonds. The third kappa shape index (κ3) is 1.93. The zero-order valence-electron chi connectivity index (χ0n) is 8.44. The molecule has 1 saturated heterocycles. The molecule has 14 heavy (non-hydrogen) atoms. The van der Waals surface area contributed by atoms with Gasteiger partial charge in [0.25, 0.3) is 10.2 Å². The van der Waals surface area contributed by atoms with Gasteiger partial charge in [-0.25, -0.2) is 0 Å². The van der Waals surface area contributed by atoms with E-state index < -0.39 is 10.2 Å². The Morgan fingerprint density at radius 1 is 1.29 bits per heavy atom. The molecule has 0 unspecified atom stereocenters. The van der Waals surface area contributed by atoms with Gasteiger partial charge in [-0.3, -0.25) is 0 Å². The molecule has 0 aromatic carbocycles. The lowest BCUT2D eigenvalue weighted by atomic mass is 10.4. The maximum absolute atomic E-state index is 12.0. The molecule has 1 aliphatic heterocycles. The lowest BCUT2D eigenvalue weighted by molar-refractivity contribution is 0.324. The maximum atomic E-state index is 12.0. The van der Waals surface area contributed by atoms with Crippen LogP contribution >= 0.6 is 0 Å². The normalized spacial score (nSPS) is 25.6. The van der Waals surface area contributed by atoms with Crippen LogP contribution in [-0.2, 0) is 10.2 Å². The van der Waals surface area contributed by atoms with Crippen molar-refractivity contribution in [1.82, 2.24) is 13.9 Å². The number of rotatable bonds is 3. The van der Waals surface area contributed by atoms with Gasteiger partial charge in [0.05, 0.1) is 0 Å². The molecule has 0 aromatic rings. The molecular formula is C8H17N3O2S. The molecule has 1 saturated carbocycles. The number of hydrogen-bond donors (Lipinski definition) is 1. The molecule has 82 valence electrons. The molecule has 1 aliphatic carbocycles. The van der Waals surface area contributed by atoms with Crippen molar-refractivity contribution >= 4 is 10.2 Å². The molecule has 6 heteroatoms. The molecule has 2 fully saturated rings. The first kappa shape index (κ1) is 10.4. The van der Waals surface area contributed by atoms with Gasteiger partial charge in [0, 0.05) is 39.3 Å². The van der Waals surface area contributed by atoms with E-state index >= 15 is 0 Å². The van der Waals surface area contributed by atoms with E-state index in [9.17, 15) is 8.42 Å². The number of nitrogens with zero attached hydrogens (tertiary/aromatic N) is 2. The van der Waals surface area contributed by atoms with E-state index in [1.807, 2.05) is 0 Å². The Hall–Kier alpha value is -0.170. The van der Waals surface area contributed by atoms with Crippen molar-refractivity contribution in [2.75, 3.05) is 33.2 Å². The lowest BCUT2D eigenvalue weighted by Crippen LogP contribution is -2.51. The van der Waals surface area contributed by atoms with Crippen LogP contribution in [0.3, 0.4) is 0 Å². The van der Waals surface area contributed by atoms with Crippen molar-refractivity contribution in [3.05, 3.63) is 0 Å². The minimum absolute atomic E-state index is 0.259. The average Bonchev–Trinajstić information content (AvgIpc) is 3.01. The maximum Gasteiger partial charge on any atom is 0.282 e. The Morgan fingerprint density at radius 3 is 2.36 bits per heavy atom. The van der Waals surface area contributed by atoms with Crippen molar-refractivity contribution in [2.45, 2.75) is 18.9 Å². The average molecular weight is 219 g/mol. The van der Waals surface area contributed by atoms with Crippen LogP contribution in [0.15, 0.2) is 0 Å².